The van der Waals surface area contributed by atoms with Crippen molar-refractivity contribution in [2.24, 2.45) is 0 Å². The van der Waals surface area contributed by atoms with Crippen molar-refractivity contribution in [2.45, 2.75) is 39.2 Å². The van der Waals surface area contributed by atoms with Gasteiger partial charge in [0.25, 0.3) is 0 Å². The molecule has 0 N–H and O–H groups in total. The van der Waals surface area contributed by atoms with Crippen LogP contribution < -0.4 is 0 Å². The molecule has 96 valence electrons. The summed E-state index contributed by atoms with van der Waals surface area (Å²) < 4.78 is 5.68. The lowest BCUT2D eigenvalue weighted by atomic mass is 10.1. The van der Waals surface area contributed by atoms with Crippen LogP contribution in [0.1, 0.15) is 36.8 Å². The Kier molecular flexibility index (Phi) is 3.37. The van der Waals surface area contributed by atoms with E-state index < -0.39 is 0 Å². The second kappa shape index (κ2) is 5.15. The minimum atomic E-state index is 1.03. The molecule has 2 heteroatoms. The van der Waals surface area contributed by atoms with Crippen molar-refractivity contribution >= 4 is 11.0 Å². The van der Waals surface area contributed by atoms with E-state index in [-0.39, 0.29) is 0 Å². The van der Waals surface area contributed by atoms with Crippen molar-refractivity contribution in [3.8, 4) is 0 Å². The van der Waals surface area contributed by atoms with Crippen LogP contribution in [0.25, 0.3) is 11.0 Å². The van der Waals surface area contributed by atoms with Crippen LogP contribution >= 0.6 is 0 Å². The lowest BCUT2D eigenvalue weighted by Gasteiger charge is -2.18. The van der Waals surface area contributed by atoms with Gasteiger partial charge in [0.05, 0.1) is 6.26 Å². The molecule has 0 unspecified atom stereocenters. The van der Waals surface area contributed by atoms with Crippen LogP contribution in [0.15, 0.2) is 28.9 Å². The van der Waals surface area contributed by atoms with Crippen LogP contribution in [0.2, 0.25) is 0 Å². The van der Waals surface area contributed by atoms with Crippen molar-refractivity contribution in [1.82, 2.24) is 4.90 Å². The minimum Gasteiger partial charge on any atom is -0.464 e. The fraction of sp³-hybridized carbons (Fsp3) is 0.500. The number of fused-ring (bicyclic) bond motifs is 1. The third kappa shape index (κ3) is 2.44. The Labute approximate surface area is 109 Å². The quantitative estimate of drug-likeness (QED) is 0.789. The molecule has 0 bridgehead atoms. The van der Waals surface area contributed by atoms with E-state index in [1.165, 1.54) is 55.3 Å². The molecule has 0 radical (unpaired) electrons. The molecule has 2 heterocycles. The van der Waals surface area contributed by atoms with E-state index in [1.54, 1.807) is 0 Å². The Bertz CT molecular complexity index is 521. The SMILES string of the molecule is Cc1ccc2c(CN3CCCCCC3)coc2c1. The largest absolute Gasteiger partial charge is 0.464 e. The van der Waals surface area contributed by atoms with Gasteiger partial charge in [-0.2, -0.15) is 0 Å². The molecule has 0 aliphatic carbocycles. The summed E-state index contributed by atoms with van der Waals surface area (Å²) in [6.07, 6.45) is 7.41. The van der Waals surface area contributed by atoms with Gasteiger partial charge in [-0.15, -0.1) is 0 Å². The Morgan fingerprint density at radius 1 is 1.11 bits per heavy atom. The molecular weight excluding hydrogens is 222 g/mol. The van der Waals surface area contributed by atoms with Crippen molar-refractivity contribution in [2.75, 3.05) is 13.1 Å². The third-order valence-electron chi connectivity index (χ3n) is 3.90. The highest BCUT2D eigenvalue weighted by molar-refractivity contribution is 5.81. The van der Waals surface area contributed by atoms with E-state index >= 15 is 0 Å². The molecule has 3 rings (SSSR count). The van der Waals surface area contributed by atoms with E-state index in [0.29, 0.717) is 0 Å². The number of furan rings is 1. The fourth-order valence-electron chi connectivity index (χ4n) is 2.85. The zero-order chi connectivity index (χ0) is 12.4. The average Bonchev–Trinajstić information content (AvgIpc) is 2.59. The standard InChI is InChI=1S/C16H21NO/c1-13-6-7-15-14(12-18-16(15)10-13)11-17-8-4-2-3-5-9-17/h6-7,10,12H,2-5,8-9,11H2,1H3. The van der Waals surface area contributed by atoms with E-state index in [2.05, 4.69) is 30.0 Å². The van der Waals surface area contributed by atoms with Gasteiger partial charge in [0.2, 0.25) is 0 Å². The van der Waals surface area contributed by atoms with E-state index in [0.717, 1.165) is 12.1 Å². The smallest absolute Gasteiger partial charge is 0.134 e. The summed E-state index contributed by atoms with van der Waals surface area (Å²) in [5.41, 5.74) is 3.63. The van der Waals surface area contributed by atoms with Gasteiger partial charge >= 0.3 is 0 Å². The van der Waals surface area contributed by atoms with Crippen LogP contribution in [0, 0.1) is 6.92 Å². The number of benzene rings is 1. The van der Waals surface area contributed by atoms with Crippen LogP contribution in [0.3, 0.4) is 0 Å². The molecule has 1 aromatic carbocycles. The van der Waals surface area contributed by atoms with E-state index in [1.807, 2.05) is 6.26 Å². The molecule has 1 saturated heterocycles. The molecule has 1 aliphatic heterocycles. The van der Waals surface area contributed by atoms with Gasteiger partial charge in [-0.05, 0) is 44.5 Å². The Morgan fingerprint density at radius 2 is 1.89 bits per heavy atom. The number of hydrogen-bond acceptors (Lipinski definition) is 2. The normalized spacial score (nSPS) is 18.1. The summed E-state index contributed by atoms with van der Waals surface area (Å²) in [6, 6.07) is 6.49. The fourth-order valence-corrected chi connectivity index (χ4v) is 2.85. The number of nitrogens with zero attached hydrogens (tertiary/aromatic N) is 1. The molecule has 1 aliphatic rings. The molecule has 0 spiro atoms. The first-order valence-corrected chi connectivity index (χ1v) is 7.02. The molecule has 1 fully saturated rings. The molecule has 18 heavy (non-hydrogen) atoms. The van der Waals surface area contributed by atoms with E-state index in [4.69, 9.17) is 4.42 Å². The van der Waals surface area contributed by atoms with Crippen LogP contribution in [-0.2, 0) is 6.54 Å². The Balaban J connectivity index is 1.81. The molecule has 1 aromatic heterocycles. The number of rotatable bonds is 2. The molecule has 0 atom stereocenters. The first-order chi connectivity index (χ1) is 8.83. The number of aryl methyl sites for hydroxylation is 1. The first kappa shape index (κ1) is 11.8. The van der Waals surface area contributed by atoms with Gasteiger partial charge in [0.1, 0.15) is 5.58 Å². The summed E-state index contributed by atoms with van der Waals surface area (Å²) in [4.78, 5) is 2.57. The molecule has 2 nitrogen and oxygen atoms in total. The van der Waals surface area contributed by atoms with E-state index in [9.17, 15) is 0 Å². The first-order valence-electron chi connectivity index (χ1n) is 7.02. The highest BCUT2D eigenvalue weighted by Crippen LogP contribution is 2.24. The van der Waals surface area contributed by atoms with Gasteiger partial charge in [-0.3, -0.25) is 4.90 Å². The molecule has 0 amide bonds. The second-order valence-electron chi connectivity index (χ2n) is 5.45. The van der Waals surface area contributed by atoms with Crippen molar-refractivity contribution in [1.29, 1.82) is 0 Å². The average molecular weight is 243 g/mol. The Morgan fingerprint density at radius 3 is 2.67 bits per heavy atom. The van der Waals surface area contributed by atoms with Crippen molar-refractivity contribution in [3.63, 3.8) is 0 Å². The predicted molar refractivity (Wildman–Crippen MR) is 74.7 cm³/mol. The summed E-state index contributed by atoms with van der Waals surface area (Å²) in [5, 5.41) is 1.28. The number of hydrogen-bond donors (Lipinski definition) is 0. The topological polar surface area (TPSA) is 16.4 Å². The third-order valence-corrected chi connectivity index (χ3v) is 3.90. The summed E-state index contributed by atoms with van der Waals surface area (Å²) in [5.74, 6) is 0. The van der Waals surface area contributed by atoms with Crippen LogP contribution in [0.4, 0.5) is 0 Å². The lowest BCUT2D eigenvalue weighted by Crippen LogP contribution is -2.23. The maximum Gasteiger partial charge on any atom is 0.134 e. The van der Waals surface area contributed by atoms with Gasteiger partial charge in [-0.1, -0.05) is 25.0 Å². The summed E-state index contributed by atoms with van der Waals surface area (Å²) >= 11 is 0. The van der Waals surface area contributed by atoms with Crippen molar-refractivity contribution < 1.29 is 4.42 Å². The maximum absolute atomic E-state index is 5.68. The Hall–Kier alpha value is -1.28. The van der Waals surface area contributed by atoms with Crippen molar-refractivity contribution in [3.05, 3.63) is 35.6 Å². The van der Waals surface area contributed by atoms with Gasteiger partial charge in [0.15, 0.2) is 0 Å². The van der Waals surface area contributed by atoms with Crippen LogP contribution in [0.5, 0.6) is 0 Å². The van der Waals surface area contributed by atoms with Gasteiger partial charge < -0.3 is 4.42 Å². The molecular formula is C16H21NO. The monoisotopic (exact) mass is 243 g/mol. The molecule has 2 aromatic rings. The summed E-state index contributed by atoms with van der Waals surface area (Å²) in [7, 11) is 0. The zero-order valence-electron chi connectivity index (χ0n) is 11.1. The highest BCUT2D eigenvalue weighted by atomic mass is 16.3. The van der Waals surface area contributed by atoms with Gasteiger partial charge in [0, 0.05) is 17.5 Å². The maximum atomic E-state index is 5.68. The van der Waals surface area contributed by atoms with Gasteiger partial charge in [-0.25, -0.2) is 0 Å². The predicted octanol–water partition coefficient (Wildman–Crippen LogP) is 4.12. The lowest BCUT2D eigenvalue weighted by molar-refractivity contribution is 0.277. The number of likely N-dealkylation sites (tertiary alicyclic amines) is 1. The zero-order valence-corrected chi connectivity index (χ0v) is 11.1. The summed E-state index contributed by atoms with van der Waals surface area (Å²) in [6.45, 7) is 5.61. The molecule has 0 saturated carbocycles. The second-order valence-corrected chi connectivity index (χ2v) is 5.45. The van der Waals surface area contributed by atoms with Crippen LogP contribution in [-0.4, -0.2) is 18.0 Å². The highest BCUT2D eigenvalue weighted by Gasteiger charge is 2.12. The minimum absolute atomic E-state index is 1.03.